The van der Waals surface area contributed by atoms with E-state index in [0.29, 0.717) is 16.7 Å². The quantitative estimate of drug-likeness (QED) is 0.414. The van der Waals surface area contributed by atoms with Crippen molar-refractivity contribution in [2.45, 2.75) is 13.1 Å². The number of imidazole rings is 1. The lowest BCUT2D eigenvalue weighted by Crippen LogP contribution is -2.31. The van der Waals surface area contributed by atoms with Gasteiger partial charge in [0.2, 0.25) is 5.95 Å². The Morgan fingerprint density at radius 2 is 1.81 bits per heavy atom. The molecule has 0 saturated heterocycles. The number of aromatic nitrogens is 5. The molecule has 3 N–H and O–H groups in total. The first-order chi connectivity index (χ1) is 15.1. The molecule has 3 aromatic heterocycles. The van der Waals surface area contributed by atoms with Gasteiger partial charge in [-0.1, -0.05) is 41.9 Å². The van der Waals surface area contributed by atoms with Gasteiger partial charge in [-0.15, -0.1) is 0 Å². The minimum atomic E-state index is -0.493. The van der Waals surface area contributed by atoms with E-state index >= 15 is 0 Å². The molecule has 0 aliphatic carbocycles. The van der Waals surface area contributed by atoms with E-state index in [0.717, 1.165) is 33.4 Å². The average Bonchev–Trinajstić information content (AvgIpc) is 3.30. The molecular formula is C22H17ClN8. The summed E-state index contributed by atoms with van der Waals surface area (Å²) in [4.78, 5) is 14.0. The molecule has 1 atom stereocenters. The molecule has 0 radical (unpaired) electrons. The molecular weight excluding hydrogens is 412 g/mol. The largest absolute Gasteiger partial charge is 0.370 e. The summed E-state index contributed by atoms with van der Waals surface area (Å²) in [5.74, 6) is 0.896. The third-order valence-corrected chi connectivity index (χ3v) is 5.75. The van der Waals surface area contributed by atoms with Crippen molar-refractivity contribution in [1.82, 2.24) is 24.3 Å². The summed E-state index contributed by atoms with van der Waals surface area (Å²) in [5, 5.41) is 8.98. The van der Waals surface area contributed by atoms with Crippen LogP contribution in [0.1, 0.15) is 17.4 Å². The number of halogens is 1. The van der Waals surface area contributed by atoms with Crippen LogP contribution >= 0.6 is 11.6 Å². The van der Waals surface area contributed by atoms with Gasteiger partial charge < -0.3 is 5.73 Å². The molecule has 0 bridgehead atoms. The predicted molar refractivity (Wildman–Crippen MR) is 122 cm³/mol. The van der Waals surface area contributed by atoms with Gasteiger partial charge in [-0.25, -0.2) is 19.6 Å². The highest BCUT2D eigenvalue weighted by Crippen LogP contribution is 2.36. The summed E-state index contributed by atoms with van der Waals surface area (Å²) in [6, 6.07) is 19.7. The highest BCUT2D eigenvalue weighted by molar-refractivity contribution is 6.30. The molecule has 9 heteroatoms. The molecule has 0 amide bonds. The molecule has 4 heterocycles. The van der Waals surface area contributed by atoms with Crippen molar-refractivity contribution in [3.05, 3.63) is 77.1 Å². The fourth-order valence-corrected chi connectivity index (χ4v) is 4.26. The van der Waals surface area contributed by atoms with Crippen LogP contribution in [0.4, 0.5) is 5.95 Å². The summed E-state index contributed by atoms with van der Waals surface area (Å²) < 4.78 is 3.79. The van der Waals surface area contributed by atoms with E-state index in [-0.39, 0.29) is 5.96 Å². The third kappa shape index (κ3) is 2.69. The summed E-state index contributed by atoms with van der Waals surface area (Å²) in [5.41, 5.74) is 11.1. The maximum absolute atomic E-state index is 6.72. The van der Waals surface area contributed by atoms with Crippen LogP contribution in [0.25, 0.3) is 27.8 Å². The molecule has 5 aromatic rings. The molecule has 31 heavy (non-hydrogen) atoms. The van der Waals surface area contributed by atoms with Crippen LogP contribution < -0.4 is 11.1 Å². The van der Waals surface area contributed by atoms with Crippen LogP contribution in [0.2, 0.25) is 5.15 Å². The highest BCUT2D eigenvalue weighted by atomic mass is 35.5. The van der Waals surface area contributed by atoms with Crippen molar-refractivity contribution in [3.8, 4) is 5.69 Å². The van der Waals surface area contributed by atoms with E-state index in [1.54, 1.807) is 4.68 Å². The van der Waals surface area contributed by atoms with Gasteiger partial charge in [0.25, 0.3) is 0 Å². The highest BCUT2D eigenvalue weighted by Gasteiger charge is 2.28. The smallest absolute Gasteiger partial charge is 0.212 e. The number of benzene rings is 2. The Bertz CT molecular complexity index is 1500. The molecule has 6 rings (SSSR count). The Hall–Kier alpha value is -3.91. The van der Waals surface area contributed by atoms with Crippen molar-refractivity contribution >= 4 is 45.6 Å². The number of rotatable bonds is 2. The van der Waals surface area contributed by atoms with Crippen molar-refractivity contribution in [1.29, 1.82) is 0 Å². The van der Waals surface area contributed by atoms with Gasteiger partial charge >= 0.3 is 0 Å². The minimum Gasteiger partial charge on any atom is -0.370 e. The Morgan fingerprint density at radius 1 is 1.03 bits per heavy atom. The van der Waals surface area contributed by atoms with E-state index in [9.17, 15) is 0 Å². The monoisotopic (exact) mass is 428 g/mol. The molecule has 1 unspecified atom stereocenters. The van der Waals surface area contributed by atoms with Crippen LogP contribution in [0, 0.1) is 6.92 Å². The van der Waals surface area contributed by atoms with Gasteiger partial charge in [0.1, 0.15) is 5.15 Å². The van der Waals surface area contributed by atoms with E-state index in [4.69, 9.17) is 27.4 Å². The SMILES string of the molecule is Cc1nn(-c2ccccc2)c2nc(Cl)c(C3N=C(N)Nc4nc5ccccc5n43)cc12. The number of para-hydroxylation sites is 3. The number of pyridine rings is 1. The Labute approximate surface area is 182 Å². The number of guanidine groups is 1. The Balaban J connectivity index is 1.58. The zero-order valence-corrected chi connectivity index (χ0v) is 17.2. The Kier molecular flexibility index (Phi) is 3.78. The second-order valence-corrected chi connectivity index (χ2v) is 7.74. The molecule has 2 aromatic carbocycles. The summed E-state index contributed by atoms with van der Waals surface area (Å²) >= 11 is 6.72. The number of aliphatic imine (C=N–C) groups is 1. The number of hydrogen-bond acceptors (Lipinski definition) is 6. The second-order valence-electron chi connectivity index (χ2n) is 7.38. The van der Waals surface area contributed by atoms with Gasteiger partial charge in [0.15, 0.2) is 17.8 Å². The van der Waals surface area contributed by atoms with Gasteiger partial charge in [0.05, 0.1) is 22.4 Å². The van der Waals surface area contributed by atoms with E-state index in [2.05, 4.69) is 15.3 Å². The topological polar surface area (TPSA) is 98.9 Å². The van der Waals surface area contributed by atoms with Crippen molar-refractivity contribution in [2.24, 2.45) is 10.7 Å². The van der Waals surface area contributed by atoms with E-state index in [1.165, 1.54) is 0 Å². The number of anilines is 1. The lowest BCUT2D eigenvalue weighted by molar-refractivity contribution is 0.625. The molecule has 0 spiro atoms. The first kappa shape index (κ1) is 17.9. The zero-order valence-electron chi connectivity index (χ0n) is 16.5. The predicted octanol–water partition coefficient (Wildman–Crippen LogP) is 4.02. The fourth-order valence-electron chi connectivity index (χ4n) is 4.03. The number of nitrogens with zero attached hydrogens (tertiary/aromatic N) is 6. The number of nitrogens with two attached hydrogens (primary N) is 1. The van der Waals surface area contributed by atoms with E-state index in [1.807, 2.05) is 72.2 Å². The van der Waals surface area contributed by atoms with E-state index < -0.39 is 6.17 Å². The van der Waals surface area contributed by atoms with Gasteiger partial charge in [-0.2, -0.15) is 5.10 Å². The van der Waals surface area contributed by atoms with Gasteiger partial charge in [-0.3, -0.25) is 9.88 Å². The lowest BCUT2D eigenvalue weighted by atomic mass is 10.1. The first-order valence-corrected chi connectivity index (χ1v) is 10.2. The normalized spacial score (nSPS) is 15.7. The number of fused-ring (bicyclic) bond motifs is 4. The molecule has 0 saturated carbocycles. The molecule has 0 fully saturated rings. The molecule has 8 nitrogen and oxygen atoms in total. The Morgan fingerprint density at radius 3 is 2.65 bits per heavy atom. The summed E-state index contributed by atoms with van der Waals surface area (Å²) in [6.07, 6.45) is -0.493. The van der Waals surface area contributed by atoms with Crippen LogP contribution in [0.5, 0.6) is 0 Å². The lowest BCUT2D eigenvalue weighted by Gasteiger charge is -2.24. The van der Waals surface area contributed by atoms with Crippen molar-refractivity contribution < 1.29 is 0 Å². The minimum absolute atomic E-state index is 0.278. The summed E-state index contributed by atoms with van der Waals surface area (Å²) in [6.45, 7) is 1.96. The summed E-state index contributed by atoms with van der Waals surface area (Å²) in [7, 11) is 0. The number of aryl methyl sites for hydroxylation is 1. The maximum Gasteiger partial charge on any atom is 0.212 e. The van der Waals surface area contributed by atoms with Crippen molar-refractivity contribution in [3.63, 3.8) is 0 Å². The van der Waals surface area contributed by atoms with Crippen LogP contribution in [-0.2, 0) is 0 Å². The zero-order chi connectivity index (χ0) is 21.1. The average molecular weight is 429 g/mol. The number of nitrogens with one attached hydrogen (secondary N) is 1. The van der Waals surface area contributed by atoms with Crippen LogP contribution in [0.3, 0.4) is 0 Å². The third-order valence-electron chi connectivity index (χ3n) is 5.44. The van der Waals surface area contributed by atoms with Gasteiger partial charge in [-0.05, 0) is 37.3 Å². The fraction of sp³-hybridized carbons (Fsp3) is 0.0909. The molecule has 152 valence electrons. The van der Waals surface area contributed by atoms with Crippen LogP contribution in [-0.4, -0.2) is 30.3 Å². The molecule has 1 aliphatic rings. The number of hydrogen-bond donors (Lipinski definition) is 2. The van der Waals surface area contributed by atoms with Crippen LogP contribution in [0.15, 0.2) is 65.7 Å². The second kappa shape index (κ2) is 6.55. The molecule has 1 aliphatic heterocycles. The maximum atomic E-state index is 6.72. The standard InChI is InChI=1S/C22H17ClN8/c1-12-14-11-15(18(23)26-20(14)31(29-12)13-7-3-2-4-8-13)19-27-21(24)28-22-25-16-9-5-6-10-17(16)30(19)22/h2-11,19H,1H3,(H3,24,25,27,28). The first-order valence-electron chi connectivity index (χ1n) is 9.78. The van der Waals surface area contributed by atoms with Crippen molar-refractivity contribution in [2.75, 3.05) is 5.32 Å². The van der Waals surface area contributed by atoms with Gasteiger partial charge in [0, 0.05) is 10.9 Å².